The largest absolute Gasteiger partial charge is 0.418 e. The van der Waals surface area contributed by atoms with Gasteiger partial charge in [0.1, 0.15) is 0 Å². The summed E-state index contributed by atoms with van der Waals surface area (Å²) < 4.78 is 39.7. The standard InChI is InChI=1S/C12H14BrF3N2/c1-2-18(9-6-17-7-9)11-5-8(13)3-4-10(11)12(14,15)16/h3-5,9,17H,2,6-7H2,1H3. The Morgan fingerprint density at radius 3 is 2.50 bits per heavy atom. The summed E-state index contributed by atoms with van der Waals surface area (Å²) in [6.45, 7) is 3.90. The molecule has 1 aromatic carbocycles. The van der Waals surface area contributed by atoms with Crippen molar-refractivity contribution >= 4 is 21.6 Å². The number of hydrogen-bond donors (Lipinski definition) is 1. The molecule has 0 spiro atoms. The first-order valence-corrected chi connectivity index (χ1v) is 6.57. The lowest BCUT2D eigenvalue weighted by Gasteiger charge is -2.40. The van der Waals surface area contributed by atoms with Crippen LogP contribution in [0.5, 0.6) is 0 Å². The molecule has 100 valence electrons. The van der Waals surface area contributed by atoms with E-state index < -0.39 is 11.7 Å². The van der Waals surface area contributed by atoms with E-state index in [4.69, 9.17) is 0 Å². The molecule has 1 aliphatic heterocycles. The maximum Gasteiger partial charge on any atom is 0.418 e. The minimum absolute atomic E-state index is 0.144. The average Bonchev–Trinajstić information content (AvgIpc) is 2.21. The summed E-state index contributed by atoms with van der Waals surface area (Å²) in [6, 6.07) is 4.25. The fourth-order valence-electron chi connectivity index (χ4n) is 2.10. The highest BCUT2D eigenvalue weighted by atomic mass is 79.9. The molecule has 1 saturated heterocycles. The predicted octanol–water partition coefficient (Wildman–Crippen LogP) is 3.27. The Labute approximate surface area is 112 Å². The molecule has 0 aliphatic carbocycles. The van der Waals surface area contributed by atoms with E-state index in [-0.39, 0.29) is 11.7 Å². The summed E-state index contributed by atoms with van der Waals surface area (Å²) in [5.74, 6) is 0. The van der Waals surface area contributed by atoms with Crippen LogP contribution in [-0.2, 0) is 6.18 Å². The molecule has 1 heterocycles. The lowest BCUT2D eigenvalue weighted by Crippen LogP contribution is -2.57. The van der Waals surface area contributed by atoms with Gasteiger partial charge in [0.15, 0.2) is 0 Å². The molecular weight excluding hydrogens is 309 g/mol. The van der Waals surface area contributed by atoms with Gasteiger partial charge >= 0.3 is 6.18 Å². The van der Waals surface area contributed by atoms with Crippen LogP contribution in [0.15, 0.2) is 22.7 Å². The van der Waals surface area contributed by atoms with Crippen molar-refractivity contribution in [2.45, 2.75) is 19.1 Å². The molecule has 1 N–H and O–H groups in total. The van der Waals surface area contributed by atoms with Gasteiger partial charge in [0, 0.05) is 24.1 Å². The number of anilines is 1. The second-order valence-electron chi connectivity index (χ2n) is 4.26. The number of nitrogens with zero attached hydrogens (tertiary/aromatic N) is 1. The van der Waals surface area contributed by atoms with Gasteiger partial charge in [-0.2, -0.15) is 13.2 Å². The first-order chi connectivity index (χ1) is 8.43. The van der Waals surface area contributed by atoms with Crippen LogP contribution < -0.4 is 10.2 Å². The molecular formula is C12H14BrF3N2. The van der Waals surface area contributed by atoms with Crippen LogP contribution in [0.3, 0.4) is 0 Å². The monoisotopic (exact) mass is 322 g/mol. The molecule has 2 rings (SSSR count). The van der Waals surface area contributed by atoms with Gasteiger partial charge in [0.2, 0.25) is 0 Å². The highest BCUT2D eigenvalue weighted by molar-refractivity contribution is 9.10. The van der Waals surface area contributed by atoms with Gasteiger partial charge in [0.05, 0.1) is 17.3 Å². The van der Waals surface area contributed by atoms with E-state index in [2.05, 4.69) is 21.2 Å². The fourth-order valence-corrected chi connectivity index (χ4v) is 2.45. The third-order valence-corrected chi connectivity index (χ3v) is 3.61. The van der Waals surface area contributed by atoms with E-state index in [9.17, 15) is 13.2 Å². The van der Waals surface area contributed by atoms with Crippen LogP contribution in [0.1, 0.15) is 12.5 Å². The number of nitrogens with one attached hydrogen (secondary N) is 1. The lowest BCUT2D eigenvalue weighted by molar-refractivity contribution is -0.137. The van der Waals surface area contributed by atoms with E-state index in [0.29, 0.717) is 11.0 Å². The van der Waals surface area contributed by atoms with Crippen molar-refractivity contribution in [1.82, 2.24) is 5.32 Å². The highest BCUT2D eigenvalue weighted by Gasteiger charge is 2.36. The van der Waals surface area contributed by atoms with Gasteiger partial charge in [-0.3, -0.25) is 0 Å². The van der Waals surface area contributed by atoms with Crippen LogP contribution in [-0.4, -0.2) is 25.7 Å². The van der Waals surface area contributed by atoms with Crippen molar-refractivity contribution in [3.63, 3.8) is 0 Å². The topological polar surface area (TPSA) is 15.3 Å². The minimum Gasteiger partial charge on any atom is -0.366 e. The zero-order valence-electron chi connectivity index (χ0n) is 9.89. The Hall–Kier alpha value is -0.750. The third-order valence-electron chi connectivity index (χ3n) is 3.12. The summed E-state index contributed by atoms with van der Waals surface area (Å²) in [6.07, 6.45) is -4.32. The van der Waals surface area contributed by atoms with Crippen molar-refractivity contribution in [2.24, 2.45) is 0 Å². The zero-order chi connectivity index (χ0) is 13.3. The van der Waals surface area contributed by atoms with Crippen LogP contribution in [0.2, 0.25) is 0 Å². The first-order valence-electron chi connectivity index (χ1n) is 5.77. The van der Waals surface area contributed by atoms with E-state index in [1.54, 1.807) is 6.07 Å². The molecule has 0 unspecified atom stereocenters. The van der Waals surface area contributed by atoms with Crippen LogP contribution >= 0.6 is 15.9 Å². The van der Waals surface area contributed by atoms with Crippen molar-refractivity contribution in [2.75, 3.05) is 24.5 Å². The molecule has 1 fully saturated rings. The van der Waals surface area contributed by atoms with Crippen molar-refractivity contribution in [3.8, 4) is 0 Å². The van der Waals surface area contributed by atoms with Gasteiger partial charge < -0.3 is 10.2 Å². The zero-order valence-corrected chi connectivity index (χ0v) is 11.5. The smallest absolute Gasteiger partial charge is 0.366 e. The van der Waals surface area contributed by atoms with E-state index in [0.717, 1.165) is 19.2 Å². The highest BCUT2D eigenvalue weighted by Crippen LogP contribution is 2.38. The molecule has 0 saturated carbocycles. The number of rotatable bonds is 3. The summed E-state index contributed by atoms with van der Waals surface area (Å²) in [5, 5.41) is 3.08. The Bertz CT molecular complexity index is 430. The van der Waals surface area contributed by atoms with E-state index in [1.807, 2.05) is 11.8 Å². The Morgan fingerprint density at radius 2 is 2.06 bits per heavy atom. The summed E-state index contributed by atoms with van der Waals surface area (Å²) >= 11 is 3.24. The minimum atomic E-state index is -4.32. The number of benzene rings is 1. The molecule has 0 radical (unpaired) electrons. The Kier molecular flexibility index (Phi) is 3.87. The predicted molar refractivity (Wildman–Crippen MR) is 68.8 cm³/mol. The van der Waals surface area contributed by atoms with Crippen molar-refractivity contribution in [3.05, 3.63) is 28.2 Å². The lowest BCUT2D eigenvalue weighted by atomic mass is 10.1. The molecule has 1 aromatic rings. The average molecular weight is 323 g/mol. The van der Waals surface area contributed by atoms with Crippen LogP contribution in [0.4, 0.5) is 18.9 Å². The van der Waals surface area contributed by atoms with Crippen molar-refractivity contribution < 1.29 is 13.2 Å². The van der Waals surface area contributed by atoms with Gasteiger partial charge in [-0.15, -0.1) is 0 Å². The fraction of sp³-hybridized carbons (Fsp3) is 0.500. The quantitative estimate of drug-likeness (QED) is 0.918. The number of hydrogen-bond acceptors (Lipinski definition) is 2. The number of halogens is 4. The normalized spacial score (nSPS) is 16.5. The maximum absolute atomic E-state index is 13.0. The van der Waals surface area contributed by atoms with Crippen molar-refractivity contribution in [1.29, 1.82) is 0 Å². The number of alkyl halides is 3. The van der Waals surface area contributed by atoms with Gasteiger partial charge in [-0.05, 0) is 25.1 Å². The Balaban J connectivity index is 2.42. The van der Waals surface area contributed by atoms with Gasteiger partial charge in [0.25, 0.3) is 0 Å². The van der Waals surface area contributed by atoms with Gasteiger partial charge in [-0.25, -0.2) is 0 Å². The SMILES string of the molecule is CCN(c1cc(Br)ccc1C(F)(F)F)C1CNC1. The molecule has 1 aliphatic rings. The van der Waals surface area contributed by atoms with Crippen LogP contribution in [0, 0.1) is 0 Å². The second-order valence-corrected chi connectivity index (χ2v) is 5.17. The molecule has 0 amide bonds. The molecule has 0 atom stereocenters. The summed E-state index contributed by atoms with van der Waals surface area (Å²) in [4.78, 5) is 1.81. The van der Waals surface area contributed by atoms with Crippen LogP contribution in [0.25, 0.3) is 0 Å². The molecule has 2 nitrogen and oxygen atoms in total. The summed E-state index contributed by atoms with van der Waals surface area (Å²) in [7, 11) is 0. The molecule has 0 aromatic heterocycles. The molecule has 6 heteroatoms. The van der Waals surface area contributed by atoms with E-state index in [1.165, 1.54) is 6.07 Å². The Morgan fingerprint density at radius 1 is 1.39 bits per heavy atom. The first kappa shape index (κ1) is 13.7. The third kappa shape index (κ3) is 2.64. The van der Waals surface area contributed by atoms with Gasteiger partial charge in [-0.1, -0.05) is 15.9 Å². The van der Waals surface area contributed by atoms with E-state index >= 15 is 0 Å². The second kappa shape index (κ2) is 5.09. The molecule has 18 heavy (non-hydrogen) atoms. The number of likely N-dealkylation sites (N-methyl/N-ethyl adjacent to an activating group) is 1. The summed E-state index contributed by atoms with van der Waals surface area (Å²) in [5.41, 5.74) is -0.315. The maximum atomic E-state index is 13.0. The molecule has 0 bridgehead atoms.